The largest absolute Gasteiger partial charge is 0.416 e. The van der Waals surface area contributed by atoms with Gasteiger partial charge in [0.2, 0.25) is 5.91 Å². The summed E-state index contributed by atoms with van der Waals surface area (Å²) in [6.07, 6.45) is -1.38. The lowest BCUT2D eigenvalue weighted by molar-refractivity contribution is -0.138. The van der Waals surface area contributed by atoms with Gasteiger partial charge in [-0.15, -0.1) is 0 Å². The summed E-state index contributed by atoms with van der Waals surface area (Å²) in [7, 11) is 4.01. The molecule has 1 saturated heterocycles. The second kappa shape index (κ2) is 11.0. The van der Waals surface area contributed by atoms with Gasteiger partial charge in [-0.3, -0.25) is 4.79 Å². The van der Waals surface area contributed by atoms with Gasteiger partial charge in [0.1, 0.15) is 0 Å². The van der Waals surface area contributed by atoms with Crippen LogP contribution in [0.3, 0.4) is 0 Å². The standard InChI is InChI=1S/C27H34F3N3O2/c1-33(2)15-7-6-10-24(34)31-17-20-12-13-21-25(18-8-4-3-5-9-18)32-23-14-11-19(27(28,29)30)16-22(23)26(21)35-20/h3-5,8-9,11,14,16,20-21,25-26,32H,6-7,10,12-13,15,17H2,1-2H3,(H,31,34)/t20-,21+,25+,26+/m1/s1. The van der Waals surface area contributed by atoms with Gasteiger partial charge in [0.15, 0.2) is 0 Å². The van der Waals surface area contributed by atoms with Crippen molar-refractivity contribution in [1.29, 1.82) is 0 Å². The minimum atomic E-state index is -4.42. The van der Waals surface area contributed by atoms with E-state index in [9.17, 15) is 18.0 Å². The molecule has 0 aliphatic carbocycles. The number of fused-ring (bicyclic) bond motifs is 3. The summed E-state index contributed by atoms with van der Waals surface area (Å²) >= 11 is 0. The highest BCUT2D eigenvalue weighted by Gasteiger charge is 2.43. The number of carbonyl (C=O) groups excluding carboxylic acids is 1. The van der Waals surface area contributed by atoms with Crippen molar-refractivity contribution in [3.05, 3.63) is 65.2 Å². The van der Waals surface area contributed by atoms with E-state index in [4.69, 9.17) is 4.74 Å². The second-order valence-electron chi connectivity index (χ2n) is 9.82. The maximum absolute atomic E-state index is 13.5. The topological polar surface area (TPSA) is 53.6 Å². The SMILES string of the molecule is CN(C)CCCCC(=O)NC[C@H]1CC[C@@H]2[C@H](O1)c1cc(C(F)(F)F)ccc1N[C@H]2c1ccccc1. The van der Waals surface area contributed by atoms with E-state index < -0.39 is 17.8 Å². The highest BCUT2D eigenvalue weighted by atomic mass is 19.4. The molecule has 0 unspecified atom stereocenters. The van der Waals surface area contributed by atoms with Gasteiger partial charge < -0.3 is 20.3 Å². The Morgan fingerprint density at radius 2 is 1.89 bits per heavy atom. The van der Waals surface area contributed by atoms with Gasteiger partial charge in [0.05, 0.1) is 23.8 Å². The van der Waals surface area contributed by atoms with Crippen LogP contribution in [0.1, 0.15) is 60.9 Å². The van der Waals surface area contributed by atoms with Crippen LogP contribution in [0, 0.1) is 5.92 Å². The van der Waals surface area contributed by atoms with E-state index in [2.05, 4.69) is 15.5 Å². The number of carbonyl (C=O) groups is 1. The number of unbranched alkanes of at least 4 members (excludes halogenated alkanes) is 1. The van der Waals surface area contributed by atoms with Crippen LogP contribution in [0.4, 0.5) is 18.9 Å². The Labute approximate surface area is 205 Å². The van der Waals surface area contributed by atoms with Gasteiger partial charge in [0, 0.05) is 30.1 Å². The van der Waals surface area contributed by atoms with Crippen molar-refractivity contribution in [3.63, 3.8) is 0 Å². The van der Waals surface area contributed by atoms with Gasteiger partial charge in [-0.05, 0) is 70.1 Å². The fraction of sp³-hybridized carbons (Fsp3) is 0.519. The van der Waals surface area contributed by atoms with Crippen LogP contribution >= 0.6 is 0 Å². The fourth-order valence-corrected chi connectivity index (χ4v) is 5.10. The van der Waals surface area contributed by atoms with Crippen molar-refractivity contribution in [2.45, 2.75) is 56.5 Å². The van der Waals surface area contributed by atoms with E-state index in [1.807, 2.05) is 44.4 Å². The highest BCUT2D eigenvalue weighted by Crippen LogP contribution is 2.51. The number of anilines is 1. The van der Waals surface area contributed by atoms with Gasteiger partial charge in [-0.2, -0.15) is 13.2 Å². The van der Waals surface area contributed by atoms with Gasteiger partial charge in [-0.1, -0.05) is 30.3 Å². The van der Waals surface area contributed by atoms with Gasteiger partial charge in [-0.25, -0.2) is 0 Å². The zero-order chi connectivity index (χ0) is 25.0. The molecule has 2 aromatic rings. The molecular weight excluding hydrogens is 455 g/mol. The molecule has 0 radical (unpaired) electrons. The third kappa shape index (κ3) is 6.35. The number of nitrogens with zero attached hydrogens (tertiary/aromatic N) is 1. The van der Waals surface area contributed by atoms with Crippen LogP contribution in [0.15, 0.2) is 48.5 Å². The van der Waals surface area contributed by atoms with Crippen molar-refractivity contribution in [3.8, 4) is 0 Å². The minimum Gasteiger partial charge on any atom is -0.378 e. The number of hydrogen-bond acceptors (Lipinski definition) is 4. The molecule has 2 aliphatic heterocycles. The van der Waals surface area contributed by atoms with Gasteiger partial charge >= 0.3 is 6.18 Å². The maximum atomic E-state index is 13.5. The van der Waals surface area contributed by atoms with Crippen LogP contribution in [0.5, 0.6) is 0 Å². The molecule has 190 valence electrons. The molecule has 2 aliphatic rings. The maximum Gasteiger partial charge on any atom is 0.416 e. The number of alkyl halides is 3. The summed E-state index contributed by atoms with van der Waals surface area (Å²) in [6, 6.07) is 13.7. The molecule has 0 spiro atoms. The lowest BCUT2D eigenvalue weighted by Crippen LogP contribution is -2.43. The first kappa shape index (κ1) is 25.5. The molecule has 0 aromatic heterocycles. The number of amides is 1. The van der Waals surface area contributed by atoms with E-state index >= 15 is 0 Å². The normalized spacial score (nSPS) is 23.8. The first-order valence-corrected chi connectivity index (χ1v) is 12.3. The minimum absolute atomic E-state index is 0.00799. The molecule has 2 heterocycles. The Kier molecular flexibility index (Phi) is 8.02. The Morgan fingerprint density at radius 3 is 2.60 bits per heavy atom. The first-order valence-electron chi connectivity index (χ1n) is 12.3. The van der Waals surface area contributed by atoms with Crippen LogP contribution in [-0.4, -0.2) is 44.1 Å². The third-order valence-corrected chi connectivity index (χ3v) is 6.92. The highest BCUT2D eigenvalue weighted by molar-refractivity contribution is 5.75. The zero-order valence-electron chi connectivity index (χ0n) is 20.3. The second-order valence-corrected chi connectivity index (χ2v) is 9.82. The Balaban J connectivity index is 1.47. The summed E-state index contributed by atoms with van der Waals surface area (Å²) in [5.74, 6) is -0.0203. The number of ether oxygens (including phenoxy) is 1. The van der Waals surface area contributed by atoms with E-state index in [0.717, 1.165) is 43.9 Å². The van der Waals surface area contributed by atoms with Crippen LogP contribution in [0.25, 0.3) is 0 Å². The van der Waals surface area contributed by atoms with Crippen molar-refractivity contribution in [2.75, 3.05) is 32.5 Å². The summed E-state index contributed by atoms with van der Waals surface area (Å²) in [4.78, 5) is 14.4. The molecule has 0 bridgehead atoms. The van der Waals surface area contributed by atoms with Crippen LogP contribution in [-0.2, 0) is 15.7 Å². The predicted molar refractivity (Wildman–Crippen MR) is 130 cm³/mol. The Bertz CT molecular complexity index is 997. The van der Waals surface area contributed by atoms with Crippen LogP contribution in [0.2, 0.25) is 0 Å². The number of rotatable bonds is 8. The molecule has 4 rings (SSSR count). The molecule has 35 heavy (non-hydrogen) atoms. The number of nitrogens with one attached hydrogen (secondary N) is 2. The molecule has 5 nitrogen and oxygen atoms in total. The molecule has 2 N–H and O–H groups in total. The van der Waals surface area contributed by atoms with E-state index in [1.165, 1.54) is 12.1 Å². The Morgan fingerprint density at radius 1 is 1.11 bits per heavy atom. The summed E-state index contributed by atoms with van der Waals surface area (Å²) < 4.78 is 46.8. The molecule has 1 fully saturated rings. The average Bonchev–Trinajstić information content (AvgIpc) is 2.84. The van der Waals surface area contributed by atoms with E-state index in [0.29, 0.717) is 24.2 Å². The summed E-state index contributed by atoms with van der Waals surface area (Å²) in [5.41, 5.74) is 1.61. The monoisotopic (exact) mass is 489 g/mol. The Hall–Kier alpha value is -2.58. The van der Waals surface area contributed by atoms with E-state index in [1.54, 1.807) is 0 Å². The molecule has 2 aromatic carbocycles. The smallest absolute Gasteiger partial charge is 0.378 e. The molecule has 0 saturated carbocycles. The van der Waals surface area contributed by atoms with Crippen LogP contribution < -0.4 is 10.6 Å². The quantitative estimate of drug-likeness (QED) is 0.477. The number of halogens is 3. The average molecular weight is 490 g/mol. The van der Waals surface area contributed by atoms with E-state index in [-0.39, 0.29) is 24.0 Å². The first-order chi connectivity index (χ1) is 16.7. The zero-order valence-corrected chi connectivity index (χ0v) is 20.3. The molecule has 4 atom stereocenters. The summed E-state index contributed by atoms with van der Waals surface area (Å²) in [6.45, 7) is 1.31. The van der Waals surface area contributed by atoms with Gasteiger partial charge in [0.25, 0.3) is 0 Å². The number of benzene rings is 2. The lowest BCUT2D eigenvalue weighted by atomic mass is 9.76. The molecule has 1 amide bonds. The van der Waals surface area contributed by atoms with Crippen molar-refractivity contribution in [1.82, 2.24) is 10.2 Å². The van der Waals surface area contributed by atoms with Crippen molar-refractivity contribution < 1.29 is 22.7 Å². The fourth-order valence-electron chi connectivity index (χ4n) is 5.10. The van der Waals surface area contributed by atoms with Crippen molar-refractivity contribution >= 4 is 11.6 Å². The predicted octanol–water partition coefficient (Wildman–Crippen LogP) is 5.56. The van der Waals surface area contributed by atoms with Crippen molar-refractivity contribution in [2.24, 2.45) is 5.92 Å². The molecule has 8 heteroatoms. The number of hydrogen-bond donors (Lipinski definition) is 2. The molecular formula is C27H34F3N3O2. The summed E-state index contributed by atoms with van der Waals surface area (Å²) in [5, 5.41) is 6.44. The lowest BCUT2D eigenvalue weighted by Gasteiger charge is -2.46. The third-order valence-electron chi connectivity index (χ3n) is 6.92.